The number of halogens is 1. The van der Waals surface area contributed by atoms with Crippen LogP contribution < -0.4 is 10.5 Å². The first kappa shape index (κ1) is 12.0. The summed E-state index contributed by atoms with van der Waals surface area (Å²) >= 11 is 8.23. The number of hydrogen-bond acceptors (Lipinski definition) is 3. The van der Waals surface area contributed by atoms with Gasteiger partial charge >= 0.3 is 0 Å². The van der Waals surface area contributed by atoms with Gasteiger partial charge in [-0.3, -0.25) is 0 Å². The van der Waals surface area contributed by atoms with Crippen LogP contribution in [0.3, 0.4) is 0 Å². The van der Waals surface area contributed by atoms with Gasteiger partial charge in [-0.25, -0.2) is 4.98 Å². The molecular weight excluding hydrogens is 300 g/mol. The van der Waals surface area contributed by atoms with Crippen molar-refractivity contribution in [1.82, 2.24) is 4.98 Å². The molecular formula is C12H9BrN2OS. The van der Waals surface area contributed by atoms with Gasteiger partial charge in [-0.15, -0.1) is 0 Å². The zero-order chi connectivity index (χ0) is 12.3. The highest BCUT2D eigenvalue weighted by Crippen LogP contribution is 2.28. The summed E-state index contributed by atoms with van der Waals surface area (Å²) in [5.74, 6) is 1.37. The lowest BCUT2D eigenvalue weighted by Gasteiger charge is -2.07. The molecule has 1 aromatic carbocycles. The third-order valence-corrected chi connectivity index (χ3v) is 2.92. The first-order valence-corrected chi connectivity index (χ1v) is 6.05. The molecule has 0 bridgehead atoms. The number of nitrogens with two attached hydrogens (primary N) is 1. The Morgan fingerprint density at radius 1 is 1.24 bits per heavy atom. The Morgan fingerprint density at radius 2 is 2.00 bits per heavy atom. The number of benzene rings is 1. The van der Waals surface area contributed by atoms with Crippen LogP contribution in [-0.4, -0.2) is 9.97 Å². The largest absolute Gasteiger partial charge is 0.455 e. The lowest BCUT2D eigenvalue weighted by atomic mass is 10.3. The summed E-state index contributed by atoms with van der Waals surface area (Å²) in [6.07, 6.45) is 1.59. The van der Waals surface area contributed by atoms with Gasteiger partial charge in [0.15, 0.2) is 0 Å². The Kier molecular flexibility index (Phi) is 3.71. The average Bonchev–Trinajstić information content (AvgIpc) is 2.33. The summed E-state index contributed by atoms with van der Waals surface area (Å²) in [5, 5.41) is 0. The van der Waals surface area contributed by atoms with E-state index in [4.69, 9.17) is 22.7 Å². The summed E-state index contributed by atoms with van der Waals surface area (Å²) in [6, 6.07) is 11.1. The van der Waals surface area contributed by atoms with E-state index in [1.165, 1.54) is 0 Å². The van der Waals surface area contributed by atoms with Crippen LogP contribution in [0.5, 0.6) is 11.5 Å². The van der Waals surface area contributed by atoms with Crippen molar-refractivity contribution in [3.8, 4) is 11.5 Å². The predicted molar refractivity (Wildman–Crippen MR) is 74.3 cm³/mol. The Bertz CT molecular complexity index is 542. The molecule has 0 aliphatic rings. The van der Waals surface area contributed by atoms with Crippen LogP contribution in [0.1, 0.15) is 5.69 Å². The molecule has 17 heavy (non-hydrogen) atoms. The highest BCUT2D eigenvalue weighted by Gasteiger charge is 2.03. The van der Waals surface area contributed by atoms with Crippen LogP contribution >= 0.6 is 28.1 Å². The molecule has 0 radical (unpaired) electrons. The van der Waals surface area contributed by atoms with Crippen molar-refractivity contribution < 1.29 is 4.74 Å². The topological polar surface area (TPSA) is 48.1 Å². The number of nitrogens with zero attached hydrogens (tertiary/aromatic N) is 1. The Morgan fingerprint density at radius 3 is 2.59 bits per heavy atom. The average molecular weight is 309 g/mol. The molecule has 1 aromatic heterocycles. The predicted octanol–water partition coefficient (Wildman–Crippen LogP) is 3.27. The van der Waals surface area contributed by atoms with Gasteiger partial charge in [0.2, 0.25) is 0 Å². The molecule has 0 saturated carbocycles. The van der Waals surface area contributed by atoms with Crippen LogP contribution in [-0.2, 0) is 0 Å². The smallest absolute Gasteiger partial charge is 0.145 e. The van der Waals surface area contributed by atoms with Crippen molar-refractivity contribution in [1.29, 1.82) is 0 Å². The van der Waals surface area contributed by atoms with Crippen LogP contribution in [0.2, 0.25) is 0 Å². The molecule has 2 rings (SSSR count). The number of rotatable bonds is 3. The van der Waals surface area contributed by atoms with E-state index < -0.39 is 0 Å². The van der Waals surface area contributed by atoms with E-state index in [9.17, 15) is 0 Å². The van der Waals surface area contributed by atoms with Crippen LogP contribution in [0.25, 0.3) is 0 Å². The molecule has 0 spiro atoms. The number of thiocarbonyl (C=S) groups is 1. The molecule has 2 N–H and O–H groups in total. The van der Waals surface area contributed by atoms with Gasteiger partial charge in [-0.2, -0.15) is 0 Å². The standard InChI is InChI=1S/C12H9BrN2OS/c13-9-3-1-2-4-11(9)16-8-5-6-10(12(14)17)15-7-8/h1-7H,(H2,14,17). The molecule has 0 atom stereocenters. The minimum absolute atomic E-state index is 0.275. The van der Waals surface area contributed by atoms with Gasteiger partial charge in [-0.1, -0.05) is 24.4 Å². The molecule has 1 heterocycles. The third kappa shape index (κ3) is 3.01. The second-order valence-electron chi connectivity index (χ2n) is 3.28. The molecule has 0 aliphatic heterocycles. The Labute approximate surface area is 113 Å². The molecule has 0 aliphatic carbocycles. The van der Waals surface area contributed by atoms with Crippen molar-refractivity contribution in [2.24, 2.45) is 5.73 Å². The molecule has 0 unspecified atom stereocenters. The van der Waals surface area contributed by atoms with E-state index in [1.807, 2.05) is 24.3 Å². The minimum atomic E-state index is 0.275. The molecule has 0 fully saturated rings. The summed E-state index contributed by atoms with van der Waals surface area (Å²) in [5.41, 5.74) is 6.04. The van der Waals surface area contributed by atoms with Crippen LogP contribution in [0.15, 0.2) is 47.1 Å². The second-order valence-corrected chi connectivity index (χ2v) is 4.57. The van der Waals surface area contributed by atoms with Crippen LogP contribution in [0, 0.1) is 0 Å². The number of hydrogen-bond donors (Lipinski definition) is 1. The number of pyridine rings is 1. The lowest BCUT2D eigenvalue weighted by molar-refractivity contribution is 0.477. The van der Waals surface area contributed by atoms with Gasteiger partial charge in [0.25, 0.3) is 0 Å². The van der Waals surface area contributed by atoms with Crippen molar-refractivity contribution >= 4 is 33.1 Å². The fraction of sp³-hybridized carbons (Fsp3) is 0. The fourth-order valence-electron chi connectivity index (χ4n) is 1.24. The normalized spacial score (nSPS) is 9.94. The molecule has 86 valence electrons. The molecule has 3 nitrogen and oxygen atoms in total. The van der Waals surface area contributed by atoms with E-state index in [0.717, 1.165) is 10.2 Å². The fourth-order valence-corrected chi connectivity index (χ4v) is 1.73. The number of ether oxygens (including phenoxy) is 1. The van der Waals surface area contributed by atoms with Crippen molar-refractivity contribution in [3.05, 3.63) is 52.8 Å². The zero-order valence-electron chi connectivity index (χ0n) is 8.76. The molecule has 0 amide bonds. The van der Waals surface area contributed by atoms with E-state index in [2.05, 4.69) is 20.9 Å². The highest BCUT2D eigenvalue weighted by molar-refractivity contribution is 9.10. The molecule has 2 aromatic rings. The monoisotopic (exact) mass is 308 g/mol. The van der Waals surface area contributed by atoms with Crippen molar-refractivity contribution in [2.45, 2.75) is 0 Å². The van der Waals surface area contributed by atoms with Gasteiger partial charge in [0, 0.05) is 0 Å². The quantitative estimate of drug-likeness (QED) is 0.884. The number of para-hydroxylation sites is 1. The van der Waals surface area contributed by atoms with E-state index in [1.54, 1.807) is 18.3 Å². The van der Waals surface area contributed by atoms with Gasteiger partial charge in [0.1, 0.15) is 16.5 Å². The maximum atomic E-state index is 5.65. The van der Waals surface area contributed by atoms with E-state index in [-0.39, 0.29) is 4.99 Å². The van der Waals surface area contributed by atoms with Crippen molar-refractivity contribution in [3.63, 3.8) is 0 Å². The zero-order valence-corrected chi connectivity index (χ0v) is 11.2. The number of aromatic nitrogens is 1. The summed E-state index contributed by atoms with van der Waals surface area (Å²) in [4.78, 5) is 4.37. The Balaban J connectivity index is 2.20. The highest BCUT2D eigenvalue weighted by atomic mass is 79.9. The SMILES string of the molecule is NC(=S)c1ccc(Oc2ccccc2Br)cn1. The molecule has 5 heteroatoms. The van der Waals surface area contributed by atoms with Gasteiger partial charge in [-0.05, 0) is 40.2 Å². The minimum Gasteiger partial charge on any atom is -0.455 e. The Hall–Kier alpha value is -1.46. The van der Waals surface area contributed by atoms with Gasteiger partial charge in [0.05, 0.1) is 16.4 Å². The van der Waals surface area contributed by atoms with Crippen molar-refractivity contribution in [2.75, 3.05) is 0 Å². The maximum absolute atomic E-state index is 5.65. The van der Waals surface area contributed by atoms with E-state index >= 15 is 0 Å². The van der Waals surface area contributed by atoms with Gasteiger partial charge < -0.3 is 10.5 Å². The molecule has 0 saturated heterocycles. The second kappa shape index (κ2) is 5.25. The lowest BCUT2D eigenvalue weighted by Crippen LogP contribution is -2.10. The first-order chi connectivity index (χ1) is 8.16. The summed E-state index contributed by atoms with van der Waals surface area (Å²) < 4.78 is 6.54. The van der Waals surface area contributed by atoms with Crippen LogP contribution in [0.4, 0.5) is 0 Å². The van der Waals surface area contributed by atoms with E-state index in [0.29, 0.717) is 11.4 Å². The summed E-state index contributed by atoms with van der Waals surface area (Å²) in [7, 11) is 0. The third-order valence-electron chi connectivity index (χ3n) is 2.05. The first-order valence-electron chi connectivity index (χ1n) is 4.85. The maximum Gasteiger partial charge on any atom is 0.145 e. The summed E-state index contributed by atoms with van der Waals surface area (Å²) in [6.45, 7) is 0.